The maximum absolute atomic E-state index is 7.06. The number of hydrogen-bond donors (Lipinski definition) is 0. The molecule has 0 aliphatic heterocycles. The molecule has 6 heteroatoms. The van der Waals surface area contributed by atoms with Gasteiger partial charge in [-0.2, -0.15) is 12.1 Å². The van der Waals surface area contributed by atoms with Crippen molar-refractivity contribution in [2.45, 2.75) is 84.0 Å². The van der Waals surface area contributed by atoms with E-state index in [1.54, 1.807) is 0 Å². The first-order chi connectivity index (χ1) is 35.6. The summed E-state index contributed by atoms with van der Waals surface area (Å²) in [4.78, 5) is 4.94. The summed E-state index contributed by atoms with van der Waals surface area (Å²) in [6.45, 7) is 20.7. The largest absolute Gasteiger partial charge is 0.510 e. The van der Waals surface area contributed by atoms with Gasteiger partial charge in [0.05, 0.1) is 17.1 Å². The van der Waals surface area contributed by atoms with E-state index < -0.39 is 10.8 Å². The zero-order valence-electron chi connectivity index (χ0n) is 44.2. The van der Waals surface area contributed by atoms with Gasteiger partial charge in [0.25, 0.3) is 6.33 Å². The van der Waals surface area contributed by atoms with Crippen molar-refractivity contribution in [1.82, 2.24) is 14.1 Å². The average molecular weight is 1160 g/mol. The average Bonchev–Trinajstić information content (AvgIpc) is 4.00. The Morgan fingerprint density at radius 2 is 1.05 bits per heavy atom. The molecule has 5 nitrogen and oxygen atoms in total. The number of fused-ring (bicyclic) bond motifs is 3. The van der Waals surface area contributed by atoms with Crippen LogP contribution in [-0.2, 0) is 42.7 Å². The van der Waals surface area contributed by atoms with Crippen molar-refractivity contribution in [3.63, 3.8) is 0 Å². The fourth-order valence-electron chi connectivity index (χ4n) is 10.8. The normalized spacial score (nSPS) is 12.2. The van der Waals surface area contributed by atoms with Gasteiger partial charge in [0.15, 0.2) is 0 Å². The number of pyridine rings is 1. The Morgan fingerprint density at radius 1 is 0.467 bits per heavy atom. The van der Waals surface area contributed by atoms with Crippen LogP contribution in [0.2, 0.25) is 0 Å². The van der Waals surface area contributed by atoms with Crippen LogP contribution < -0.4 is 9.30 Å². The summed E-state index contributed by atoms with van der Waals surface area (Å²) in [5.74, 6) is 1.96. The number of ether oxygens (including phenoxy) is 1. The molecule has 0 spiro atoms. The van der Waals surface area contributed by atoms with Gasteiger partial charge in [0, 0.05) is 60.5 Å². The minimum atomic E-state index is -0.548. The van der Waals surface area contributed by atoms with Gasteiger partial charge >= 0.3 is 0 Å². The summed E-state index contributed by atoms with van der Waals surface area (Å²) in [5, 5.41) is 2.20. The molecule has 0 saturated carbocycles. The number of benzene rings is 8. The first-order valence-corrected chi connectivity index (χ1v) is 25.7. The van der Waals surface area contributed by atoms with Crippen LogP contribution in [0.5, 0.6) is 11.5 Å². The maximum atomic E-state index is 7.06. The van der Waals surface area contributed by atoms with Gasteiger partial charge in [0.1, 0.15) is 5.82 Å². The third-order valence-electron chi connectivity index (χ3n) is 15.2. The van der Waals surface area contributed by atoms with Gasteiger partial charge in [-0.3, -0.25) is 4.57 Å². The SMILES string of the molecule is CC(C)(C)c1ccnc(-n2c3[c-]c(Oc4[c-]c(-n5[c-][n+](-c6cccc(C(C)(C)c7ccccc7)c6)c(C(C)(C)c6ccccc6)c5C(C)(C)c5ccccc5)cc(-c5ccccc5)c4)ccc3c3ccccc32)c1.[Pt]. The Kier molecular flexibility index (Phi) is 13.5. The molecule has 0 fully saturated rings. The molecule has 0 atom stereocenters. The number of imidazole rings is 1. The Morgan fingerprint density at radius 3 is 1.71 bits per heavy atom. The number of rotatable bonds is 12. The molecule has 11 aromatic rings. The van der Waals surface area contributed by atoms with E-state index in [-0.39, 0.29) is 31.9 Å². The topological polar surface area (TPSA) is 35.9 Å². The Bertz CT molecular complexity index is 3810. The Hall–Kier alpha value is -7.59. The van der Waals surface area contributed by atoms with Crippen LogP contribution >= 0.6 is 0 Å². The van der Waals surface area contributed by atoms with E-state index >= 15 is 0 Å². The monoisotopic (exact) mass is 1160 g/mol. The minimum Gasteiger partial charge on any atom is -0.510 e. The molecule has 0 unspecified atom stereocenters. The predicted molar refractivity (Wildman–Crippen MR) is 302 cm³/mol. The molecule has 0 radical (unpaired) electrons. The van der Waals surface area contributed by atoms with Crippen LogP contribution in [0.4, 0.5) is 0 Å². The van der Waals surface area contributed by atoms with Gasteiger partial charge in [0.2, 0.25) is 0 Å². The van der Waals surface area contributed by atoms with Crippen molar-refractivity contribution in [2.75, 3.05) is 0 Å². The number of hydrogen-bond acceptors (Lipinski definition) is 2. The second kappa shape index (κ2) is 19.9. The van der Waals surface area contributed by atoms with Crippen LogP contribution in [0.15, 0.2) is 212 Å². The van der Waals surface area contributed by atoms with Crippen molar-refractivity contribution >= 4 is 21.8 Å². The maximum Gasteiger partial charge on any atom is 0.267 e. The minimum absolute atomic E-state index is 0. The summed E-state index contributed by atoms with van der Waals surface area (Å²) in [5.41, 5.74) is 12.7. The molecule has 0 aliphatic rings. The van der Waals surface area contributed by atoms with Crippen LogP contribution in [-0.4, -0.2) is 14.1 Å². The standard InChI is InChI=1S/C69H62N4O.Pt/c1-66(2,3)53-39-40-70-63(44-53)73-61-36-23-22-35-59(61)60-38-37-57(46-62(60)73)74-58-42-49(48-25-14-10-15-26-48)41-56(45-58)72-47-71(55-34-24-33-54(43-55)67(4,5)50-27-16-11-17-28-50)64(68(6,7)51-29-18-12-19-30-51)65(72)69(8,9)52-31-20-13-21-32-52;/h10-44H,1-9H3;/q-2;. The fraction of sp³-hybridized carbons (Fsp3) is 0.188. The van der Waals surface area contributed by atoms with E-state index in [0.29, 0.717) is 11.5 Å². The molecular formula is C69H62N4OPt-2. The second-order valence-corrected chi connectivity index (χ2v) is 22.2. The van der Waals surface area contributed by atoms with Crippen LogP contribution in [0.1, 0.15) is 102 Å². The van der Waals surface area contributed by atoms with E-state index in [1.165, 1.54) is 27.8 Å². The van der Waals surface area contributed by atoms with E-state index in [2.05, 4.69) is 295 Å². The zero-order chi connectivity index (χ0) is 51.4. The van der Waals surface area contributed by atoms with E-state index in [1.807, 2.05) is 12.3 Å². The molecule has 0 amide bonds. The van der Waals surface area contributed by atoms with E-state index in [9.17, 15) is 0 Å². The summed E-state index contributed by atoms with van der Waals surface area (Å²) in [7, 11) is 0. The molecule has 376 valence electrons. The van der Waals surface area contributed by atoms with Crippen LogP contribution in [0, 0.1) is 18.5 Å². The van der Waals surface area contributed by atoms with Gasteiger partial charge in [-0.25, -0.2) is 4.98 Å². The molecular weight excluding hydrogens is 1100 g/mol. The van der Waals surface area contributed by atoms with Crippen molar-refractivity contribution in [3.8, 4) is 39.8 Å². The molecule has 0 saturated heterocycles. The smallest absolute Gasteiger partial charge is 0.267 e. The Labute approximate surface area is 457 Å². The second-order valence-electron chi connectivity index (χ2n) is 22.2. The summed E-state index contributed by atoms with van der Waals surface area (Å²) >= 11 is 0. The first kappa shape index (κ1) is 50.9. The third kappa shape index (κ3) is 9.49. The molecule has 8 aromatic carbocycles. The van der Waals surface area contributed by atoms with Crippen molar-refractivity contribution in [2.24, 2.45) is 0 Å². The van der Waals surface area contributed by atoms with E-state index in [0.717, 1.165) is 61.5 Å². The molecule has 75 heavy (non-hydrogen) atoms. The number of aromatic nitrogens is 4. The fourth-order valence-corrected chi connectivity index (χ4v) is 10.8. The molecule has 3 heterocycles. The number of nitrogens with zero attached hydrogens (tertiary/aromatic N) is 4. The zero-order valence-corrected chi connectivity index (χ0v) is 46.5. The summed E-state index contributed by atoms with van der Waals surface area (Å²) < 4.78 is 13.8. The van der Waals surface area contributed by atoms with E-state index in [4.69, 9.17) is 9.72 Å². The third-order valence-corrected chi connectivity index (χ3v) is 15.2. The van der Waals surface area contributed by atoms with Gasteiger partial charge in [-0.05, 0) is 80.2 Å². The van der Waals surface area contributed by atoms with Crippen molar-refractivity contribution in [3.05, 3.63) is 270 Å². The van der Waals surface area contributed by atoms with Crippen molar-refractivity contribution in [1.29, 1.82) is 0 Å². The molecule has 3 aromatic heterocycles. The Balaban J connectivity index is 0.00000641. The summed E-state index contributed by atoms with van der Waals surface area (Å²) in [6.07, 6.45) is 5.94. The van der Waals surface area contributed by atoms with Gasteiger partial charge in [-0.1, -0.05) is 219 Å². The summed E-state index contributed by atoms with van der Waals surface area (Å²) in [6, 6.07) is 80.8. The molecule has 0 aliphatic carbocycles. The number of para-hydroxylation sites is 1. The van der Waals surface area contributed by atoms with Gasteiger partial charge < -0.3 is 13.9 Å². The van der Waals surface area contributed by atoms with Gasteiger partial charge in [-0.15, -0.1) is 35.2 Å². The first-order valence-electron chi connectivity index (χ1n) is 25.7. The van der Waals surface area contributed by atoms with Crippen molar-refractivity contribution < 1.29 is 30.4 Å². The van der Waals surface area contributed by atoms with Crippen LogP contribution in [0.25, 0.3) is 50.1 Å². The van der Waals surface area contributed by atoms with Crippen LogP contribution in [0.3, 0.4) is 0 Å². The predicted octanol–water partition coefficient (Wildman–Crippen LogP) is 16.4. The quantitative estimate of drug-likeness (QED) is 0.0903. The molecule has 11 rings (SSSR count). The molecule has 0 bridgehead atoms. The molecule has 0 N–H and O–H groups in total.